The molecule has 2 heteroatoms. The summed E-state index contributed by atoms with van der Waals surface area (Å²) in [7, 11) is 0. The number of fused-ring (bicyclic) bond motifs is 5. The second-order valence-corrected chi connectivity index (χ2v) is 13.2. The molecule has 9 atom stereocenters. The first-order valence-electron chi connectivity index (χ1n) is 13.9. The number of carbonyl (C=O) groups excluding carboxylic acids is 1. The summed E-state index contributed by atoms with van der Waals surface area (Å²) in [6.07, 6.45) is 14.7. The van der Waals surface area contributed by atoms with Gasteiger partial charge in [0.25, 0.3) is 0 Å². The molecule has 4 aliphatic carbocycles. The lowest BCUT2D eigenvalue weighted by Crippen LogP contribution is -2.54. The van der Waals surface area contributed by atoms with Crippen LogP contribution in [0.15, 0.2) is 12.2 Å². The maximum absolute atomic E-state index is 11.5. The number of rotatable bonds is 6. The average molecular weight is 443 g/mol. The summed E-state index contributed by atoms with van der Waals surface area (Å²) in [5, 5.41) is 0. The number of esters is 1. The zero-order chi connectivity index (χ0) is 23.3. The Bertz CT molecular complexity index is 710. The van der Waals surface area contributed by atoms with Crippen LogP contribution >= 0.6 is 0 Å². The Kier molecular flexibility index (Phi) is 6.92. The van der Waals surface area contributed by atoms with E-state index in [0.29, 0.717) is 16.7 Å². The van der Waals surface area contributed by atoms with Gasteiger partial charge in [-0.1, -0.05) is 46.8 Å². The fraction of sp³-hybridized carbons (Fsp3) is 0.900. The first kappa shape index (κ1) is 24.3. The summed E-state index contributed by atoms with van der Waals surface area (Å²) in [6, 6.07) is 0. The number of ether oxygens (including phenoxy) is 1. The summed E-state index contributed by atoms with van der Waals surface area (Å²) in [5.41, 5.74) is 2.47. The van der Waals surface area contributed by atoms with E-state index in [9.17, 15) is 4.79 Å². The Morgan fingerprint density at radius 1 is 0.969 bits per heavy atom. The highest BCUT2D eigenvalue weighted by molar-refractivity contribution is 5.66. The average Bonchev–Trinajstić information content (AvgIpc) is 3.08. The summed E-state index contributed by atoms with van der Waals surface area (Å²) in [5.74, 6) is 5.77. The van der Waals surface area contributed by atoms with Gasteiger partial charge in [-0.05, 0) is 123 Å². The summed E-state index contributed by atoms with van der Waals surface area (Å²) < 4.78 is 5.66. The zero-order valence-electron chi connectivity index (χ0n) is 21.9. The minimum Gasteiger partial charge on any atom is -0.463 e. The minimum absolute atomic E-state index is 0.0937. The Hall–Kier alpha value is -0.790. The van der Waals surface area contributed by atoms with Crippen molar-refractivity contribution in [1.82, 2.24) is 0 Å². The van der Waals surface area contributed by atoms with Gasteiger partial charge in [0.2, 0.25) is 0 Å². The van der Waals surface area contributed by atoms with E-state index in [0.717, 1.165) is 48.3 Å². The lowest BCUT2D eigenvalue weighted by Gasteiger charge is -2.61. The van der Waals surface area contributed by atoms with Gasteiger partial charge in [0.05, 0.1) is 0 Å². The fourth-order valence-corrected chi connectivity index (χ4v) is 9.44. The van der Waals surface area contributed by atoms with Crippen molar-refractivity contribution < 1.29 is 9.53 Å². The van der Waals surface area contributed by atoms with Crippen molar-refractivity contribution >= 4 is 5.97 Å². The van der Waals surface area contributed by atoms with Crippen LogP contribution in [0.3, 0.4) is 0 Å². The van der Waals surface area contributed by atoms with E-state index in [1.165, 1.54) is 63.4 Å². The largest absolute Gasteiger partial charge is 0.463 e. The van der Waals surface area contributed by atoms with Crippen LogP contribution < -0.4 is 0 Å². The van der Waals surface area contributed by atoms with Crippen LogP contribution in [0, 0.1) is 52.3 Å². The van der Waals surface area contributed by atoms with Crippen LogP contribution in [0.5, 0.6) is 0 Å². The van der Waals surface area contributed by atoms with Crippen LogP contribution in [-0.2, 0) is 9.53 Å². The summed E-state index contributed by atoms with van der Waals surface area (Å²) in [6.45, 7) is 18.3. The maximum Gasteiger partial charge on any atom is 0.302 e. The molecule has 0 radical (unpaired) electrons. The SMILES string of the molecule is C=C(CCC(C)C1CCC2C3CCC4CC(OC(C)=O)CCC4(C)C3CCC12C)C(C)C. The third kappa shape index (κ3) is 4.22. The van der Waals surface area contributed by atoms with Crippen LogP contribution in [0.25, 0.3) is 0 Å². The van der Waals surface area contributed by atoms with Gasteiger partial charge < -0.3 is 4.74 Å². The van der Waals surface area contributed by atoms with E-state index in [4.69, 9.17) is 4.74 Å². The lowest BCUT2D eigenvalue weighted by molar-refractivity contribution is -0.160. The molecule has 4 fully saturated rings. The van der Waals surface area contributed by atoms with Crippen LogP contribution in [0.2, 0.25) is 0 Å². The number of hydrogen-bond acceptors (Lipinski definition) is 2. The quantitative estimate of drug-likeness (QED) is 0.306. The van der Waals surface area contributed by atoms with E-state index < -0.39 is 0 Å². The molecule has 4 saturated carbocycles. The monoisotopic (exact) mass is 442 g/mol. The topological polar surface area (TPSA) is 26.3 Å². The lowest BCUT2D eigenvalue weighted by atomic mass is 9.44. The molecule has 0 bridgehead atoms. The van der Waals surface area contributed by atoms with Crippen molar-refractivity contribution in [2.75, 3.05) is 0 Å². The molecule has 0 aromatic heterocycles. The van der Waals surface area contributed by atoms with E-state index in [1.54, 1.807) is 6.92 Å². The van der Waals surface area contributed by atoms with Gasteiger partial charge in [0, 0.05) is 6.92 Å². The Morgan fingerprint density at radius 2 is 1.66 bits per heavy atom. The predicted molar refractivity (Wildman–Crippen MR) is 133 cm³/mol. The Morgan fingerprint density at radius 3 is 2.34 bits per heavy atom. The Labute approximate surface area is 198 Å². The van der Waals surface area contributed by atoms with Crippen LogP contribution in [-0.4, -0.2) is 12.1 Å². The normalized spacial score (nSPS) is 44.3. The molecule has 32 heavy (non-hydrogen) atoms. The molecule has 0 amide bonds. The van der Waals surface area contributed by atoms with Gasteiger partial charge in [-0.3, -0.25) is 4.79 Å². The molecular weight excluding hydrogens is 392 g/mol. The molecule has 4 aliphatic rings. The van der Waals surface area contributed by atoms with Gasteiger partial charge >= 0.3 is 5.97 Å². The first-order valence-corrected chi connectivity index (χ1v) is 13.9. The molecule has 0 aliphatic heterocycles. The molecule has 0 aromatic carbocycles. The molecule has 0 saturated heterocycles. The molecule has 0 heterocycles. The number of hydrogen-bond donors (Lipinski definition) is 0. The van der Waals surface area contributed by atoms with Crippen molar-refractivity contribution in [2.24, 2.45) is 52.3 Å². The van der Waals surface area contributed by atoms with Gasteiger partial charge in [-0.15, -0.1) is 0 Å². The predicted octanol–water partition coefficient (Wildman–Crippen LogP) is 8.21. The van der Waals surface area contributed by atoms with Crippen molar-refractivity contribution in [2.45, 2.75) is 118 Å². The van der Waals surface area contributed by atoms with Crippen molar-refractivity contribution in [3.63, 3.8) is 0 Å². The molecule has 4 rings (SSSR count). The van der Waals surface area contributed by atoms with Crippen molar-refractivity contribution in [1.29, 1.82) is 0 Å². The highest BCUT2D eigenvalue weighted by Gasteiger charge is 2.60. The summed E-state index contributed by atoms with van der Waals surface area (Å²) >= 11 is 0. The van der Waals surface area contributed by atoms with Crippen LogP contribution in [0.1, 0.15) is 112 Å². The second kappa shape index (κ2) is 9.10. The third-order valence-electron chi connectivity index (χ3n) is 11.4. The number of allylic oxidation sites excluding steroid dienone is 1. The van der Waals surface area contributed by atoms with Gasteiger partial charge in [0.15, 0.2) is 0 Å². The maximum atomic E-state index is 11.5. The molecule has 0 N–H and O–H groups in total. The first-order chi connectivity index (χ1) is 15.1. The van der Waals surface area contributed by atoms with E-state index >= 15 is 0 Å². The molecule has 2 nitrogen and oxygen atoms in total. The van der Waals surface area contributed by atoms with E-state index in [1.807, 2.05) is 0 Å². The van der Waals surface area contributed by atoms with Crippen molar-refractivity contribution in [3.05, 3.63) is 12.2 Å². The Balaban J connectivity index is 1.44. The molecule has 0 aromatic rings. The van der Waals surface area contributed by atoms with Gasteiger partial charge in [-0.2, -0.15) is 0 Å². The highest BCUT2D eigenvalue weighted by Crippen LogP contribution is 2.68. The fourth-order valence-electron chi connectivity index (χ4n) is 9.44. The van der Waals surface area contributed by atoms with Crippen LogP contribution in [0.4, 0.5) is 0 Å². The molecule has 182 valence electrons. The van der Waals surface area contributed by atoms with Gasteiger partial charge in [-0.25, -0.2) is 0 Å². The zero-order valence-corrected chi connectivity index (χ0v) is 21.9. The second-order valence-electron chi connectivity index (χ2n) is 13.2. The van der Waals surface area contributed by atoms with E-state index in [2.05, 4.69) is 41.2 Å². The minimum atomic E-state index is -0.0937. The molecule has 0 spiro atoms. The van der Waals surface area contributed by atoms with Crippen molar-refractivity contribution in [3.8, 4) is 0 Å². The highest BCUT2D eigenvalue weighted by atomic mass is 16.5. The third-order valence-corrected chi connectivity index (χ3v) is 11.4. The smallest absolute Gasteiger partial charge is 0.302 e. The standard InChI is InChI=1S/C30H50O2/c1-19(2)20(3)8-9-21(4)26-12-13-27-25-11-10-23-18-24(32-22(5)31)14-16-29(23,6)28(25)15-17-30(26,27)7/h19,21,23-28H,3,8-18H2,1-2,4-7H3. The molecule has 9 unspecified atom stereocenters. The molecular formula is C30H50O2. The van der Waals surface area contributed by atoms with E-state index in [-0.39, 0.29) is 12.1 Å². The number of carbonyl (C=O) groups is 1. The summed E-state index contributed by atoms with van der Waals surface area (Å²) in [4.78, 5) is 11.5. The van der Waals surface area contributed by atoms with Gasteiger partial charge in [0.1, 0.15) is 6.10 Å².